The number of halogens is 1. The van der Waals surface area contributed by atoms with Crippen LogP contribution < -0.4 is 0 Å². The van der Waals surface area contributed by atoms with E-state index in [1.165, 1.54) is 12.2 Å². The minimum absolute atomic E-state index is 0.228. The van der Waals surface area contributed by atoms with E-state index in [2.05, 4.69) is 15.9 Å². The van der Waals surface area contributed by atoms with E-state index >= 15 is 0 Å². The first-order chi connectivity index (χ1) is 15.8. The van der Waals surface area contributed by atoms with E-state index < -0.39 is 18.3 Å². The Morgan fingerprint density at radius 3 is 2.33 bits per heavy atom. The molecule has 0 aliphatic heterocycles. The second-order valence-corrected chi connectivity index (χ2v) is 8.94. The summed E-state index contributed by atoms with van der Waals surface area (Å²) in [6, 6.07) is 6.90. The number of hydrogen-bond acceptors (Lipinski definition) is 6. The van der Waals surface area contributed by atoms with Crippen molar-refractivity contribution in [3.05, 3.63) is 58.6 Å². The van der Waals surface area contributed by atoms with Crippen LogP contribution in [0.3, 0.4) is 0 Å². The monoisotopic (exact) mass is 524 g/mol. The Bertz CT molecular complexity index is 744. The molecule has 0 spiro atoms. The highest BCUT2D eigenvalue weighted by molar-refractivity contribution is 9.10. The highest BCUT2D eigenvalue weighted by Crippen LogP contribution is 2.13. The zero-order valence-corrected chi connectivity index (χ0v) is 21.0. The first kappa shape index (κ1) is 29.2. The SMILES string of the molecule is CCC=CC[C@@H](O)C=C[C@H](O)[C@H](O)CCCCCCCC(=O)OCC(=O)c1ccc(Br)cc1. The van der Waals surface area contributed by atoms with Gasteiger partial charge in [0.25, 0.3) is 0 Å². The van der Waals surface area contributed by atoms with Gasteiger partial charge in [-0.3, -0.25) is 9.59 Å². The van der Waals surface area contributed by atoms with Crippen LogP contribution in [0.15, 0.2) is 53.0 Å². The van der Waals surface area contributed by atoms with Crippen molar-refractivity contribution in [3.63, 3.8) is 0 Å². The highest BCUT2D eigenvalue weighted by Gasteiger charge is 2.13. The van der Waals surface area contributed by atoms with Crippen LogP contribution in [0.2, 0.25) is 0 Å². The molecule has 1 rings (SSSR count). The van der Waals surface area contributed by atoms with Gasteiger partial charge >= 0.3 is 5.97 Å². The van der Waals surface area contributed by atoms with Crippen LogP contribution in [0, 0.1) is 0 Å². The van der Waals surface area contributed by atoms with Crippen molar-refractivity contribution in [2.75, 3.05) is 6.61 Å². The third-order valence-corrected chi connectivity index (χ3v) is 5.64. The predicted molar refractivity (Wildman–Crippen MR) is 133 cm³/mol. The molecule has 1 aromatic carbocycles. The van der Waals surface area contributed by atoms with E-state index in [1.807, 2.05) is 19.1 Å². The van der Waals surface area contributed by atoms with Gasteiger partial charge in [0.1, 0.15) is 0 Å². The number of aliphatic hydroxyl groups excluding tert-OH is 3. The van der Waals surface area contributed by atoms with Gasteiger partial charge in [-0.25, -0.2) is 0 Å². The molecular weight excluding hydrogens is 488 g/mol. The predicted octanol–water partition coefficient (Wildman–Crippen LogP) is 4.90. The Morgan fingerprint density at radius 2 is 1.64 bits per heavy atom. The van der Waals surface area contributed by atoms with E-state index in [9.17, 15) is 24.9 Å². The first-order valence-corrected chi connectivity index (χ1v) is 12.4. The molecule has 0 aromatic heterocycles. The summed E-state index contributed by atoms with van der Waals surface area (Å²) in [5, 5.41) is 29.8. The second-order valence-electron chi connectivity index (χ2n) is 8.02. The van der Waals surface area contributed by atoms with Crippen LogP contribution in [0.4, 0.5) is 0 Å². The van der Waals surface area contributed by atoms with E-state index in [-0.39, 0.29) is 24.8 Å². The minimum atomic E-state index is -0.996. The van der Waals surface area contributed by atoms with Crippen molar-refractivity contribution in [3.8, 4) is 0 Å². The van der Waals surface area contributed by atoms with Crippen LogP contribution in [-0.4, -0.2) is 52.0 Å². The Morgan fingerprint density at radius 1 is 0.970 bits per heavy atom. The van der Waals surface area contributed by atoms with Crippen LogP contribution in [0.1, 0.15) is 75.1 Å². The Labute approximate surface area is 205 Å². The molecule has 3 atom stereocenters. The number of hydrogen-bond donors (Lipinski definition) is 3. The first-order valence-electron chi connectivity index (χ1n) is 11.6. The van der Waals surface area contributed by atoms with Gasteiger partial charge in [0.15, 0.2) is 12.4 Å². The van der Waals surface area contributed by atoms with E-state index in [1.54, 1.807) is 24.3 Å². The lowest BCUT2D eigenvalue weighted by Gasteiger charge is -2.15. The van der Waals surface area contributed by atoms with Crippen molar-refractivity contribution < 1.29 is 29.6 Å². The molecule has 0 bridgehead atoms. The summed E-state index contributed by atoms with van der Waals surface area (Å²) in [4.78, 5) is 23.8. The maximum atomic E-state index is 12.0. The fourth-order valence-corrected chi connectivity index (χ4v) is 3.38. The molecule has 184 valence electrons. The standard InChI is InChI=1S/C26H37BrO6/c1-2-3-7-10-22(28)17-18-24(30)23(29)11-8-5-4-6-9-12-26(32)33-19-25(31)20-13-15-21(27)16-14-20/h3,7,13-18,22-24,28-30H,2,4-6,8-12,19H2,1H3/t22-,23-,24+/m1/s1. The molecular formula is C26H37BrO6. The molecule has 0 aliphatic rings. The molecule has 0 unspecified atom stereocenters. The third-order valence-electron chi connectivity index (χ3n) is 5.12. The summed E-state index contributed by atoms with van der Waals surface area (Å²) < 4.78 is 5.93. The van der Waals surface area contributed by atoms with Gasteiger partial charge in [0.2, 0.25) is 0 Å². The Hall–Kier alpha value is -1.80. The highest BCUT2D eigenvalue weighted by atomic mass is 79.9. The van der Waals surface area contributed by atoms with Crippen LogP contribution in [0.25, 0.3) is 0 Å². The van der Waals surface area contributed by atoms with E-state index in [0.29, 0.717) is 24.8 Å². The smallest absolute Gasteiger partial charge is 0.306 e. The summed E-state index contributed by atoms with van der Waals surface area (Å²) in [6.07, 6.45) is 10.5. The number of rotatable bonds is 17. The summed E-state index contributed by atoms with van der Waals surface area (Å²) in [5.74, 6) is -0.604. The lowest BCUT2D eigenvalue weighted by atomic mass is 10.0. The lowest BCUT2D eigenvalue weighted by molar-refractivity contribution is -0.142. The molecule has 0 saturated heterocycles. The Kier molecular flexibility index (Phi) is 15.6. The molecule has 0 saturated carbocycles. The number of aliphatic hydroxyl groups is 3. The molecule has 1 aromatic rings. The molecule has 6 nitrogen and oxygen atoms in total. The topological polar surface area (TPSA) is 104 Å². The van der Waals surface area contributed by atoms with Gasteiger partial charge in [-0.15, -0.1) is 0 Å². The minimum Gasteiger partial charge on any atom is -0.457 e. The zero-order chi connectivity index (χ0) is 24.5. The van der Waals surface area contributed by atoms with Gasteiger partial charge in [-0.05, 0) is 37.8 Å². The van der Waals surface area contributed by atoms with Crippen LogP contribution in [-0.2, 0) is 9.53 Å². The quantitative estimate of drug-likeness (QED) is 0.116. The number of unbranched alkanes of at least 4 members (excludes halogenated alkanes) is 4. The molecule has 0 heterocycles. The number of ketones is 1. The fourth-order valence-electron chi connectivity index (χ4n) is 3.11. The average Bonchev–Trinajstić information content (AvgIpc) is 2.80. The van der Waals surface area contributed by atoms with Gasteiger partial charge in [0.05, 0.1) is 18.3 Å². The molecule has 3 N–H and O–H groups in total. The molecule has 7 heteroatoms. The van der Waals surface area contributed by atoms with Gasteiger partial charge in [-0.2, -0.15) is 0 Å². The maximum Gasteiger partial charge on any atom is 0.306 e. The van der Waals surface area contributed by atoms with Crippen molar-refractivity contribution in [2.24, 2.45) is 0 Å². The molecule has 0 radical (unpaired) electrons. The number of allylic oxidation sites excluding steroid dienone is 1. The lowest BCUT2D eigenvalue weighted by Crippen LogP contribution is -2.24. The maximum absolute atomic E-state index is 12.0. The largest absolute Gasteiger partial charge is 0.457 e. The summed E-state index contributed by atoms with van der Waals surface area (Å²) in [5.41, 5.74) is 0.508. The Balaban J connectivity index is 2.07. The number of carbonyl (C=O) groups excluding carboxylic acids is 2. The van der Waals surface area contributed by atoms with Gasteiger partial charge < -0.3 is 20.1 Å². The summed E-state index contributed by atoms with van der Waals surface area (Å²) in [7, 11) is 0. The normalized spacial score (nSPS) is 14.5. The number of esters is 1. The van der Waals surface area contributed by atoms with E-state index in [4.69, 9.17) is 4.74 Å². The zero-order valence-electron chi connectivity index (χ0n) is 19.4. The van der Waals surface area contributed by atoms with Gasteiger partial charge in [0, 0.05) is 16.5 Å². The fraction of sp³-hybridized carbons (Fsp3) is 0.538. The molecule has 0 amide bonds. The van der Waals surface area contributed by atoms with E-state index in [0.717, 1.165) is 36.6 Å². The average molecular weight is 525 g/mol. The summed E-state index contributed by atoms with van der Waals surface area (Å²) in [6.45, 7) is 1.77. The van der Waals surface area contributed by atoms with Crippen molar-refractivity contribution in [1.82, 2.24) is 0 Å². The number of carbonyl (C=O) groups is 2. The molecule has 0 aliphatic carbocycles. The van der Waals surface area contributed by atoms with Crippen LogP contribution >= 0.6 is 15.9 Å². The van der Waals surface area contributed by atoms with Crippen molar-refractivity contribution in [1.29, 1.82) is 0 Å². The third kappa shape index (κ3) is 14.1. The molecule has 0 fully saturated rings. The van der Waals surface area contributed by atoms with Crippen molar-refractivity contribution >= 4 is 27.7 Å². The van der Waals surface area contributed by atoms with Crippen molar-refractivity contribution in [2.45, 2.75) is 83.0 Å². The number of benzene rings is 1. The number of ether oxygens (including phenoxy) is 1. The number of Topliss-reactive ketones (excluding diaryl/α,β-unsaturated/α-hetero) is 1. The molecule has 33 heavy (non-hydrogen) atoms. The van der Waals surface area contributed by atoms with Crippen LogP contribution in [0.5, 0.6) is 0 Å². The second kappa shape index (κ2) is 17.6. The summed E-state index contributed by atoms with van der Waals surface area (Å²) >= 11 is 3.31. The van der Waals surface area contributed by atoms with Gasteiger partial charge in [-0.1, -0.05) is 85.0 Å².